The molecule has 1 aliphatic heterocycles. The number of hydrogen-bond acceptors (Lipinski definition) is 6. The van der Waals surface area contributed by atoms with Gasteiger partial charge in [0.2, 0.25) is 11.8 Å². The Labute approximate surface area is 226 Å². The van der Waals surface area contributed by atoms with Crippen LogP contribution in [0.5, 0.6) is 11.5 Å². The summed E-state index contributed by atoms with van der Waals surface area (Å²) < 4.78 is 15.5. The first kappa shape index (κ1) is 24.7. The van der Waals surface area contributed by atoms with Crippen molar-refractivity contribution in [1.29, 1.82) is 0 Å². The molecule has 7 heteroatoms. The summed E-state index contributed by atoms with van der Waals surface area (Å²) in [6.45, 7) is 0. The number of carbonyl (C=O) groups excluding carboxylic acids is 3. The number of methoxy groups -OCH3 is 3. The maximum absolute atomic E-state index is 13.8. The van der Waals surface area contributed by atoms with Crippen LogP contribution in [0.25, 0.3) is 5.57 Å². The van der Waals surface area contributed by atoms with E-state index < -0.39 is 17.8 Å². The van der Waals surface area contributed by atoms with Crippen LogP contribution in [0.15, 0.2) is 90.5 Å². The van der Waals surface area contributed by atoms with Crippen molar-refractivity contribution in [3.05, 3.63) is 107 Å². The molecule has 2 bridgehead atoms. The highest BCUT2D eigenvalue weighted by Gasteiger charge is 2.62. The van der Waals surface area contributed by atoms with Gasteiger partial charge in [0.25, 0.3) is 0 Å². The summed E-state index contributed by atoms with van der Waals surface area (Å²) in [7, 11) is 4.57. The molecule has 3 aliphatic rings. The molecule has 0 radical (unpaired) electrons. The van der Waals surface area contributed by atoms with Gasteiger partial charge in [-0.05, 0) is 70.8 Å². The molecular weight excluding hydrogens is 494 g/mol. The summed E-state index contributed by atoms with van der Waals surface area (Å²) in [5.74, 6) is -0.751. The Morgan fingerprint density at radius 3 is 1.49 bits per heavy atom. The van der Waals surface area contributed by atoms with Crippen LogP contribution in [0.1, 0.15) is 21.5 Å². The van der Waals surface area contributed by atoms with E-state index in [1.807, 2.05) is 48.5 Å². The molecule has 3 aromatic carbocycles. The number of amides is 2. The van der Waals surface area contributed by atoms with Gasteiger partial charge in [0.05, 0.1) is 44.4 Å². The van der Waals surface area contributed by atoms with E-state index in [1.54, 1.807) is 38.5 Å². The normalized spacial score (nSPS) is 22.7. The summed E-state index contributed by atoms with van der Waals surface area (Å²) in [5, 5.41) is 0. The molecule has 0 N–H and O–H groups in total. The number of imide groups is 1. The van der Waals surface area contributed by atoms with E-state index >= 15 is 0 Å². The number of fused-ring (bicyclic) bond motifs is 5. The van der Waals surface area contributed by atoms with E-state index in [1.165, 1.54) is 12.0 Å². The molecule has 196 valence electrons. The molecule has 0 spiro atoms. The van der Waals surface area contributed by atoms with Gasteiger partial charge in [-0.3, -0.25) is 9.59 Å². The number of allylic oxidation sites excluding steroid dienone is 3. The lowest BCUT2D eigenvalue weighted by Crippen LogP contribution is -2.33. The largest absolute Gasteiger partial charge is 0.497 e. The molecule has 2 aliphatic carbocycles. The van der Waals surface area contributed by atoms with Crippen molar-refractivity contribution in [2.24, 2.45) is 23.7 Å². The average molecular weight is 522 g/mol. The van der Waals surface area contributed by atoms with Gasteiger partial charge in [-0.15, -0.1) is 0 Å². The molecule has 1 heterocycles. The Morgan fingerprint density at radius 2 is 1.08 bits per heavy atom. The minimum Gasteiger partial charge on any atom is -0.497 e. The van der Waals surface area contributed by atoms with Crippen LogP contribution >= 0.6 is 0 Å². The van der Waals surface area contributed by atoms with Crippen LogP contribution in [-0.4, -0.2) is 39.1 Å². The number of ether oxygens (including phenoxy) is 3. The fourth-order valence-electron chi connectivity index (χ4n) is 6.23. The lowest BCUT2D eigenvalue weighted by Gasteiger charge is -2.22. The molecule has 1 saturated heterocycles. The summed E-state index contributed by atoms with van der Waals surface area (Å²) in [6.07, 6.45) is 4.15. The number of benzene rings is 3. The van der Waals surface area contributed by atoms with Crippen molar-refractivity contribution in [3.8, 4) is 11.5 Å². The quantitative estimate of drug-likeness (QED) is 0.260. The lowest BCUT2D eigenvalue weighted by molar-refractivity contribution is -0.122. The molecule has 6 rings (SSSR count). The summed E-state index contributed by atoms with van der Waals surface area (Å²) in [4.78, 5) is 40.7. The first-order valence-electron chi connectivity index (χ1n) is 12.7. The second-order valence-corrected chi connectivity index (χ2v) is 9.83. The lowest BCUT2D eigenvalue weighted by atomic mass is 9.85. The van der Waals surface area contributed by atoms with Crippen molar-refractivity contribution in [2.75, 3.05) is 26.2 Å². The SMILES string of the molecule is COC(=O)c1ccc(N2C(=O)[C@@H]3[C@@H](C2=O)[C@H]2C=C[C@H]3C2=C(c2ccc(OC)cc2)c2ccc(OC)cc2)cc1. The zero-order valence-electron chi connectivity index (χ0n) is 21.8. The van der Waals surface area contributed by atoms with Crippen LogP contribution < -0.4 is 14.4 Å². The molecule has 0 aromatic heterocycles. The van der Waals surface area contributed by atoms with E-state index in [0.29, 0.717) is 11.3 Å². The van der Waals surface area contributed by atoms with Crippen LogP contribution in [0.3, 0.4) is 0 Å². The molecule has 39 heavy (non-hydrogen) atoms. The highest BCUT2D eigenvalue weighted by Crippen LogP contribution is 2.59. The zero-order valence-corrected chi connectivity index (χ0v) is 21.8. The third-order valence-corrected chi connectivity index (χ3v) is 8.01. The minimum atomic E-state index is -0.478. The number of nitrogens with zero attached hydrogens (tertiary/aromatic N) is 1. The third kappa shape index (κ3) is 3.84. The molecule has 2 amide bonds. The van der Waals surface area contributed by atoms with Gasteiger partial charge in [0.15, 0.2) is 0 Å². The average Bonchev–Trinajstić information content (AvgIpc) is 3.62. The van der Waals surface area contributed by atoms with Gasteiger partial charge >= 0.3 is 5.97 Å². The van der Waals surface area contributed by atoms with E-state index in [-0.39, 0.29) is 23.7 Å². The van der Waals surface area contributed by atoms with E-state index in [2.05, 4.69) is 12.2 Å². The molecule has 4 atom stereocenters. The minimum absolute atomic E-state index is 0.199. The number of hydrogen-bond donors (Lipinski definition) is 0. The molecule has 2 fully saturated rings. The Bertz CT molecular complexity index is 1430. The predicted molar refractivity (Wildman–Crippen MR) is 145 cm³/mol. The highest BCUT2D eigenvalue weighted by molar-refractivity contribution is 6.23. The van der Waals surface area contributed by atoms with Crippen LogP contribution in [-0.2, 0) is 14.3 Å². The van der Waals surface area contributed by atoms with Crippen LogP contribution in [0, 0.1) is 23.7 Å². The van der Waals surface area contributed by atoms with Crippen molar-refractivity contribution >= 4 is 29.0 Å². The Balaban J connectivity index is 1.42. The molecule has 7 nitrogen and oxygen atoms in total. The van der Waals surface area contributed by atoms with Crippen LogP contribution in [0.2, 0.25) is 0 Å². The van der Waals surface area contributed by atoms with E-state index in [0.717, 1.165) is 33.8 Å². The molecule has 0 unspecified atom stereocenters. The van der Waals surface area contributed by atoms with Crippen molar-refractivity contribution in [2.45, 2.75) is 0 Å². The smallest absolute Gasteiger partial charge is 0.337 e. The van der Waals surface area contributed by atoms with E-state index in [4.69, 9.17) is 14.2 Å². The van der Waals surface area contributed by atoms with Gasteiger partial charge in [-0.25, -0.2) is 9.69 Å². The van der Waals surface area contributed by atoms with Crippen molar-refractivity contribution in [3.63, 3.8) is 0 Å². The monoisotopic (exact) mass is 521 g/mol. The molecular formula is C32H27NO6. The molecule has 1 saturated carbocycles. The van der Waals surface area contributed by atoms with Gasteiger partial charge in [-0.1, -0.05) is 36.4 Å². The summed E-state index contributed by atoms with van der Waals surface area (Å²) in [6, 6.07) is 22.1. The summed E-state index contributed by atoms with van der Waals surface area (Å²) in [5.41, 5.74) is 4.90. The Morgan fingerprint density at radius 1 is 0.641 bits per heavy atom. The van der Waals surface area contributed by atoms with Crippen molar-refractivity contribution in [1.82, 2.24) is 0 Å². The van der Waals surface area contributed by atoms with Gasteiger partial charge < -0.3 is 14.2 Å². The first-order chi connectivity index (χ1) is 19.0. The highest BCUT2D eigenvalue weighted by atomic mass is 16.5. The maximum Gasteiger partial charge on any atom is 0.337 e. The number of rotatable bonds is 6. The number of anilines is 1. The Hall–Kier alpha value is -4.65. The third-order valence-electron chi connectivity index (χ3n) is 8.01. The standard InChI is InChI=1S/C32H27NO6/c1-37-22-12-6-18(7-13-22)26(19-8-14-23(38-2)15-9-19)27-24-16-17-25(27)29-28(24)30(34)33(31(29)35)21-10-4-20(5-11-21)32(36)39-3/h4-17,24-25,28-29H,1-3H3/t24-,25-,28-,29-/m0/s1. The second kappa shape index (κ2) is 9.58. The van der Waals surface area contributed by atoms with Crippen molar-refractivity contribution < 1.29 is 28.6 Å². The van der Waals surface area contributed by atoms with Gasteiger partial charge in [0.1, 0.15) is 11.5 Å². The topological polar surface area (TPSA) is 82.1 Å². The second-order valence-electron chi connectivity index (χ2n) is 9.83. The number of carbonyl (C=O) groups is 3. The summed E-state index contributed by atoms with van der Waals surface area (Å²) >= 11 is 0. The fraction of sp³-hybridized carbons (Fsp3) is 0.219. The van der Waals surface area contributed by atoms with Gasteiger partial charge in [0, 0.05) is 11.8 Å². The number of esters is 1. The van der Waals surface area contributed by atoms with Gasteiger partial charge in [-0.2, -0.15) is 0 Å². The Kier molecular flexibility index (Phi) is 6.06. The fourth-order valence-corrected chi connectivity index (χ4v) is 6.23. The predicted octanol–water partition coefficient (Wildman–Crippen LogP) is 4.91. The first-order valence-corrected chi connectivity index (χ1v) is 12.7. The maximum atomic E-state index is 13.8. The zero-order chi connectivity index (χ0) is 27.3. The van der Waals surface area contributed by atoms with E-state index in [9.17, 15) is 14.4 Å². The van der Waals surface area contributed by atoms with Crippen LogP contribution in [0.4, 0.5) is 5.69 Å². The molecule has 3 aromatic rings.